The summed E-state index contributed by atoms with van der Waals surface area (Å²) in [6.07, 6.45) is 3.52. The van der Waals surface area contributed by atoms with Crippen LogP contribution in [-0.2, 0) is 10.2 Å². The fourth-order valence-corrected chi connectivity index (χ4v) is 3.13. The average Bonchev–Trinajstić information content (AvgIpc) is 2.82. The maximum Gasteiger partial charge on any atom is 0.314 e. The molecule has 2 rings (SSSR count). The normalized spacial score (nSPS) is 17.5. The minimum absolute atomic E-state index is 0.670. The zero-order chi connectivity index (χ0) is 14.2. The molecule has 1 saturated carbocycles. The van der Waals surface area contributed by atoms with Crippen LogP contribution in [0.25, 0.3) is 0 Å². The Bertz CT molecular complexity index is 500. The summed E-state index contributed by atoms with van der Waals surface area (Å²) in [6.45, 7) is 4.14. The molecule has 0 aromatic heterocycles. The van der Waals surface area contributed by atoms with Gasteiger partial charge in [-0.25, -0.2) is 0 Å². The Hall–Kier alpha value is -1.51. The molecule has 0 saturated heterocycles. The molecule has 0 radical (unpaired) electrons. The molecule has 1 fully saturated rings. The highest BCUT2D eigenvalue weighted by Crippen LogP contribution is 2.45. The van der Waals surface area contributed by atoms with Crippen LogP contribution in [0.1, 0.15) is 42.4 Å². The van der Waals surface area contributed by atoms with Gasteiger partial charge in [0.1, 0.15) is 0 Å². The van der Waals surface area contributed by atoms with Crippen molar-refractivity contribution in [2.45, 2.75) is 44.9 Å². The fraction of sp³-hybridized carbons (Fsp3) is 0.562. The topological polar surface area (TPSA) is 40.5 Å². The van der Waals surface area contributed by atoms with Gasteiger partial charge in [-0.05, 0) is 49.4 Å². The number of carboxylic acids is 1. The van der Waals surface area contributed by atoms with Gasteiger partial charge in [0, 0.05) is 19.8 Å². The van der Waals surface area contributed by atoms with E-state index in [1.54, 1.807) is 0 Å². The van der Waals surface area contributed by atoms with Crippen LogP contribution >= 0.6 is 0 Å². The Kier molecular flexibility index (Phi) is 3.57. The summed E-state index contributed by atoms with van der Waals surface area (Å²) < 4.78 is 0. The summed E-state index contributed by atoms with van der Waals surface area (Å²) in [6, 6.07) is 4.21. The van der Waals surface area contributed by atoms with E-state index >= 15 is 0 Å². The molecule has 0 spiro atoms. The molecule has 3 nitrogen and oxygen atoms in total. The second-order valence-electron chi connectivity index (χ2n) is 5.94. The third-order valence-corrected chi connectivity index (χ3v) is 4.48. The standard InChI is InChI=1S/C16H23NO2/c1-11-9-13(14(17(3)4)10-12(11)2)16(15(18)19)7-5-6-8-16/h9-10H,5-8H2,1-4H3,(H,18,19). The number of aryl methyl sites for hydroxylation is 2. The van der Waals surface area contributed by atoms with Crippen LogP contribution in [0.3, 0.4) is 0 Å². The monoisotopic (exact) mass is 261 g/mol. The lowest BCUT2D eigenvalue weighted by Crippen LogP contribution is -2.34. The van der Waals surface area contributed by atoms with Crippen LogP contribution in [-0.4, -0.2) is 25.2 Å². The van der Waals surface area contributed by atoms with Gasteiger partial charge in [-0.2, -0.15) is 0 Å². The first-order chi connectivity index (χ1) is 8.88. The fourth-order valence-electron chi connectivity index (χ4n) is 3.13. The second kappa shape index (κ2) is 4.87. The largest absolute Gasteiger partial charge is 0.481 e. The maximum atomic E-state index is 11.9. The van der Waals surface area contributed by atoms with E-state index < -0.39 is 11.4 Å². The smallest absolute Gasteiger partial charge is 0.314 e. The average molecular weight is 261 g/mol. The molecule has 1 N–H and O–H groups in total. The summed E-state index contributed by atoms with van der Waals surface area (Å²) in [7, 11) is 3.97. The van der Waals surface area contributed by atoms with Gasteiger partial charge in [0.05, 0.1) is 5.41 Å². The number of benzene rings is 1. The molecule has 1 aliphatic rings. The Balaban J connectivity index is 2.65. The SMILES string of the molecule is Cc1cc(N(C)C)c(C2(C(=O)O)CCCC2)cc1C. The molecule has 1 aromatic carbocycles. The van der Waals surface area contributed by atoms with Gasteiger partial charge in [0.15, 0.2) is 0 Å². The van der Waals surface area contributed by atoms with Crippen molar-refractivity contribution in [3.63, 3.8) is 0 Å². The van der Waals surface area contributed by atoms with Crippen LogP contribution in [0.2, 0.25) is 0 Å². The molecule has 0 aliphatic heterocycles. The summed E-state index contributed by atoms with van der Waals surface area (Å²) in [5, 5.41) is 9.77. The van der Waals surface area contributed by atoms with E-state index in [0.717, 1.165) is 36.9 Å². The third kappa shape index (κ3) is 2.22. The molecular formula is C16H23NO2. The number of rotatable bonds is 3. The van der Waals surface area contributed by atoms with Crippen molar-refractivity contribution >= 4 is 11.7 Å². The minimum atomic E-state index is -0.682. The number of aliphatic carboxylic acids is 1. The van der Waals surface area contributed by atoms with Crippen molar-refractivity contribution in [1.82, 2.24) is 0 Å². The van der Waals surface area contributed by atoms with Crippen LogP contribution in [0.15, 0.2) is 12.1 Å². The Morgan fingerprint density at radius 1 is 1.16 bits per heavy atom. The molecular weight excluding hydrogens is 238 g/mol. The minimum Gasteiger partial charge on any atom is -0.481 e. The lowest BCUT2D eigenvalue weighted by Gasteiger charge is -2.30. The predicted octanol–water partition coefficient (Wildman–Crippen LogP) is 3.27. The van der Waals surface area contributed by atoms with Crippen molar-refractivity contribution in [2.24, 2.45) is 0 Å². The lowest BCUT2D eigenvalue weighted by molar-refractivity contribution is -0.143. The first kappa shape index (κ1) is 13.9. The van der Waals surface area contributed by atoms with Crippen molar-refractivity contribution in [3.05, 3.63) is 28.8 Å². The Morgan fingerprint density at radius 3 is 2.16 bits per heavy atom. The van der Waals surface area contributed by atoms with Gasteiger partial charge in [-0.3, -0.25) is 4.79 Å². The number of hydrogen-bond acceptors (Lipinski definition) is 2. The van der Waals surface area contributed by atoms with Gasteiger partial charge in [-0.15, -0.1) is 0 Å². The van der Waals surface area contributed by atoms with Gasteiger partial charge in [-0.1, -0.05) is 18.9 Å². The van der Waals surface area contributed by atoms with E-state index in [4.69, 9.17) is 0 Å². The highest BCUT2D eigenvalue weighted by Gasteiger charge is 2.44. The molecule has 1 aromatic rings. The van der Waals surface area contributed by atoms with E-state index in [0.29, 0.717) is 0 Å². The van der Waals surface area contributed by atoms with E-state index in [-0.39, 0.29) is 0 Å². The van der Waals surface area contributed by atoms with Gasteiger partial charge < -0.3 is 10.0 Å². The molecule has 0 bridgehead atoms. The zero-order valence-electron chi connectivity index (χ0n) is 12.3. The third-order valence-electron chi connectivity index (χ3n) is 4.48. The lowest BCUT2D eigenvalue weighted by atomic mass is 9.77. The summed E-state index contributed by atoms with van der Waals surface area (Å²) >= 11 is 0. The Morgan fingerprint density at radius 2 is 1.68 bits per heavy atom. The summed E-state index contributed by atoms with van der Waals surface area (Å²) in [5.74, 6) is -0.670. The predicted molar refractivity (Wildman–Crippen MR) is 78.0 cm³/mol. The highest BCUT2D eigenvalue weighted by molar-refractivity contribution is 5.85. The highest BCUT2D eigenvalue weighted by atomic mass is 16.4. The number of hydrogen-bond donors (Lipinski definition) is 1. The van der Waals surface area contributed by atoms with Gasteiger partial charge in [0.25, 0.3) is 0 Å². The molecule has 0 atom stereocenters. The number of carbonyl (C=O) groups is 1. The van der Waals surface area contributed by atoms with E-state index in [2.05, 4.69) is 26.0 Å². The van der Waals surface area contributed by atoms with E-state index in [1.807, 2.05) is 19.0 Å². The van der Waals surface area contributed by atoms with Crippen LogP contribution < -0.4 is 4.90 Å². The quantitative estimate of drug-likeness (QED) is 0.908. The maximum absolute atomic E-state index is 11.9. The summed E-state index contributed by atoms with van der Waals surface area (Å²) in [4.78, 5) is 13.9. The van der Waals surface area contributed by atoms with Crippen molar-refractivity contribution in [1.29, 1.82) is 0 Å². The molecule has 19 heavy (non-hydrogen) atoms. The summed E-state index contributed by atoms with van der Waals surface area (Å²) in [5.41, 5.74) is 3.75. The Labute approximate surface area is 115 Å². The molecule has 104 valence electrons. The molecule has 3 heteroatoms. The molecule has 0 amide bonds. The van der Waals surface area contributed by atoms with Crippen molar-refractivity contribution in [3.8, 4) is 0 Å². The molecule has 0 unspecified atom stereocenters. The van der Waals surface area contributed by atoms with Crippen molar-refractivity contribution in [2.75, 3.05) is 19.0 Å². The number of anilines is 1. The number of carboxylic acid groups (broad SMARTS) is 1. The van der Waals surface area contributed by atoms with Crippen LogP contribution in [0.4, 0.5) is 5.69 Å². The van der Waals surface area contributed by atoms with Gasteiger partial charge >= 0.3 is 5.97 Å². The van der Waals surface area contributed by atoms with Gasteiger partial charge in [0.2, 0.25) is 0 Å². The number of nitrogens with zero attached hydrogens (tertiary/aromatic N) is 1. The van der Waals surface area contributed by atoms with E-state index in [9.17, 15) is 9.90 Å². The first-order valence-corrected chi connectivity index (χ1v) is 6.91. The van der Waals surface area contributed by atoms with Crippen molar-refractivity contribution < 1.29 is 9.90 Å². The first-order valence-electron chi connectivity index (χ1n) is 6.91. The van der Waals surface area contributed by atoms with Crippen LogP contribution in [0, 0.1) is 13.8 Å². The zero-order valence-corrected chi connectivity index (χ0v) is 12.3. The molecule has 0 heterocycles. The second-order valence-corrected chi connectivity index (χ2v) is 5.94. The van der Waals surface area contributed by atoms with Crippen LogP contribution in [0.5, 0.6) is 0 Å². The van der Waals surface area contributed by atoms with E-state index in [1.165, 1.54) is 11.1 Å². The molecule has 1 aliphatic carbocycles.